The lowest BCUT2D eigenvalue weighted by Gasteiger charge is -2.31. The molecule has 0 spiro atoms. The number of allylic oxidation sites excluding steroid dienone is 4. The summed E-state index contributed by atoms with van der Waals surface area (Å²) in [5, 5.41) is 18.9. The van der Waals surface area contributed by atoms with Gasteiger partial charge in [0.25, 0.3) is 0 Å². The van der Waals surface area contributed by atoms with Crippen LogP contribution in [0.4, 0.5) is 0 Å². The van der Waals surface area contributed by atoms with E-state index in [0.717, 1.165) is 0 Å². The predicted octanol–water partition coefficient (Wildman–Crippen LogP) is 3.97. The van der Waals surface area contributed by atoms with E-state index in [1.807, 2.05) is 0 Å². The van der Waals surface area contributed by atoms with E-state index in [-0.39, 0.29) is 23.9 Å². The van der Waals surface area contributed by atoms with Crippen LogP contribution >= 0.6 is 35.0 Å². The number of hydrogen-bond acceptors (Lipinski definition) is 6. The van der Waals surface area contributed by atoms with Crippen LogP contribution in [0.5, 0.6) is 0 Å². The Kier molecular flexibility index (Phi) is 6.40. The van der Waals surface area contributed by atoms with Crippen LogP contribution in [-0.4, -0.2) is 39.6 Å². The van der Waals surface area contributed by atoms with Gasteiger partial charge in [0.1, 0.15) is 9.97 Å². The molecule has 2 atom stereocenters. The molecule has 0 heterocycles. The number of hydrogen-bond donors (Lipinski definition) is 2. The molecule has 2 N–H and O–H groups in total. The van der Waals surface area contributed by atoms with Crippen molar-refractivity contribution in [2.24, 2.45) is 11.8 Å². The quantitative estimate of drug-likeness (QED) is 0.220. The average molecular weight is 404 g/mol. The Morgan fingerprint density at radius 3 is 2.64 bits per heavy atom. The third-order valence-corrected chi connectivity index (χ3v) is 6.04. The number of alkyl halides is 1. The third kappa shape index (κ3) is 4.30. The van der Waals surface area contributed by atoms with Gasteiger partial charge in [0.05, 0.1) is 18.1 Å². The maximum absolute atomic E-state index is 13.1. The number of nitrogens with one attached hydrogen (secondary N) is 1. The van der Waals surface area contributed by atoms with Crippen molar-refractivity contribution in [3.05, 3.63) is 34.6 Å². The zero-order valence-corrected chi connectivity index (χ0v) is 16.2. The third-order valence-electron chi connectivity index (χ3n) is 4.00. The first-order valence-electron chi connectivity index (χ1n) is 7.79. The largest absolute Gasteiger partial charge is 0.511 e. The van der Waals surface area contributed by atoms with Crippen molar-refractivity contribution in [2.45, 2.75) is 24.0 Å². The van der Waals surface area contributed by atoms with Crippen LogP contribution in [0.1, 0.15) is 19.8 Å². The lowest BCUT2D eigenvalue weighted by atomic mass is 9.87. The molecule has 0 radical (unpaired) electrons. The van der Waals surface area contributed by atoms with Crippen molar-refractivity contribution >= 4 is 52.4 Å². The van der Waals surface area contributed by atoms with Gasteiger partial charge in [0.2, 0.25) is 0 Å². The first kappa shape index (κ1) is 20.1. The van der Waals surface area contributed by atoms with Crippen molar-refractivity contribution in [1.82, 2.24) is 0 Å². The summed E-state index contributed by atoms with van der Waals surface area (Å²) in [6.07, 6.45) is 7.77. The second kappa shape index (κ2) is 7.98. The van der Waals surface area contributed by atoms with Crippen LogP contribution in [0, 0.1) is 17.2 Å². The molecule has 2 aliphatic carbocycles. The van der Waals surface area contributed by atoms with Crippen LogP contribution < -0.4 is 0 Å². The first-order chi connectivity index (χ1) is 11.7. The van der Waals surface area contributed by atoms with Crippen molar-refractivity contribution < 1.29 is 19.4 Å². The van der Waals surface area contributed by atoms with Crippen molar-refractivity contribution in [2.75, 3.05) is 12.9 Å². The number of ether oxygens (including phenoxy) is 1. The number of esters is 1. The van der Waals surface area contributed by atoms with Gasteiger partial charge in [-0.15, -0.1) is 23.4 Å². The SMILES string of the molecule is CCOC(=O)C(=N)C(C(=O)C1C=CC(Cl)=CC1(Cl)SC)=C(O)C1CC1. The molecule has 25 heavy (non-hydrogen) atoms. The van der Waals surface area contributed by atoms with E-state index in [9.17, 15) is 14.7 Å². The minimum Gasteiger partial charge on any atom is -0.511 e. The summed E-state index contributed by atoms with van der Waals surface area (Å²) in [5.74, 6) is -2.87. The maximum Gasteiger partial charge on any atom is 0.357 e. The van der Waals surface area contributed by atoms with Gasteiger partial charge in [0.15, 0.2) is 11.5 Å². The molecular weight excluding hydrogens is 385 g/mol. The lowest BCUT2D eigenvalue weighted by molar-refractivity contribution is -0.135. The number of carbonyl (C=O) groups excluding carboxylic acids is 2. The van der Waals surface area contributed by atoms with Gasteiger partial charge in [-0.3, -0.25) is 10.2 Å². The lowest BCUT2D eigenvalue weighted by Crippen LogP contribution is -2.37. The Hall–Kier alpha value is -1.24. The monoisotopic (exact) mass is 403 g/mol. The number of aliphatic hydroxyl groups is 1. The molecule has 0 saturated heterocycles. The van der Waals surface area contributed by atoms with Crippen LogP contribution in [-0.2, 0) is 14.3 Å². The molecule has 0 aromatic heterocycles. The number of halogens is 2. The number of thioether (sulfide) groups is 1. The maximum atomic E-state index is 13.1. The van der Waals surface area contributed by atoms with Crippen molar-refractivity contribution in [3.8, 4) is 0 Å². The summed E-state index contributed by atoms with van der Waals surface area (Å²) in [6.45, 7) is 1.67. The van der Waals surface area contributed by atoms with Gasteiger partial charge in [-0.1, -0.05) is 17.7 Å². The van der Waals surface area contributed by atoms with Crippen LogP contribution in [0.2, 0.25) is 0 Å². The van der Waals surface area contributed by atoms with Crippen molar-refractivity contribution in [3.63, 3.8) is 0 Å². The van der Waals surface area contributed by atoms with Gasteiger partial charge in [-0.05, 0) is 38.2 Å². The van der Waals surface area contributed by atoms with E-state index in [0.29, 0.717) is 17.9 Å². The standard InChI is InChI=1S/C17H19Cl2NO4S/c1-3-24-16(23)13(20)12(14(21)9-4-5-9)15(22)11-7-6-10(18)8-17(11,19)25-2/h6-9,11,20-21H,3-5H2,1-2H3. The highest BCUT2D eigenvalue weighted by Gasteiger charge is 2.44. The Morgan fingerprint density at radius 2 is 2.12 bits per heavy atom. The van der Waals surface area contributed by atoms with Crippen molar-refractivity contribution in [1.29, 1.82) is 5.41 Å². The Bertz CT molecular complexity index is 697. The molecule has 0 aromatic carbocycles. The molecule has 8 heteroatoms. The topological polar surface area (TPSA) is 87.5 Å². The van der Waals surface area contributed by atoms with E-state index in [2.05, 4.69) is 0 Å². The molecule has 0 aromatic rings. The number of Topliss-reactive ketones (excluding diaryl/α,β-unsaturated/α-hetero) is 1. The van der Waals surface area contributed by atoms with E-state index in [1.165, 1.54) is 17.8 Å². The fourth-order valence-electron chi connectivity index (χ4n) is 2.50. The molecule has 1 saturated carbocycles. The molecule has 136 valence electrons. The number of aliphatic hydroxyl groups excluding tert-OH is 1. The summed E-state index contributed by atoms with van der Waals surface area (Å²) < 4.78 is 3.66. The fraction of sp³-hybridized carbons (Fsp3) is 0.471. The molecule has 0 bridgehead atoms. The second-order valence-corrected chi connectivity index (χ2v) is 8.13. The molecular formula is C17H19Cl2NO4S. The molecule has 0 aliphatic heterocycles. The van der Waals surface area contributed by atoms with E-state index in [1.54, 1.807) is 25.3 Å². The van der Waals surface area contributed by atoms with Gasteiger partial charge in [-0.25, -0.2) is 4.79 Å². The second-order valence-electron chi connectivity index (χ2n) is 5.76. The highest BCUT2D eigenvalue weighted by Crippen LogP contribution is 2.45. The summed E-state index contributed by atoms with van der Waals surface area (Å²) >= 11 is 13.8. The number of carbonyl (C=O) groups is 2. The van der Waals surface area contributed by atoms with Crippen LogP contribution in [0.3, 0.4) is 0 Å². The minimum absolute atomic E-state index is 0.0683. The molecule has 0 amide bonds. The Balaban J connectivity index is 2.43. The van der Waals surface area contributed by atoms with Crippen LogP contribution in [0.25, 0.3) is 0 Å². The van der Waals surface area contributed by atoms with Crippen LogP contribution in [0.15, 0.2) is 34.6 Å². The molecule has 5 nitrogen and oxygen atoms in total. The van der Waals surface area contributed by atoms with Gasteiger partial charge < -0.3 is 9.84 Å². The van der Waals surface area contributed by atoms with Gasteiger partial charge in [0, 0.05) is 11.0 Å². The zero-order chi connectivity index (χ0) is 18.8. The summed E-state index contributed by atoms with van der Waals surface area (Å²) in [5.41, 5.74) is -0.966. The Labute approximate surface area is 160 Å². The smallest absolute Gasteiger partial charge is 0.357 e. The minimum atomic E-state index is -1.16. The average Bonchev–Trinajstić information content (AvgIpc) is 3.39. The number of rotatable bonds is 7. The predicted molar refractivity (Wildman–Crippen MR) is 100 cm³/mol. The normalized spacial score (nSPS) is 26.6. The van der Waals surface area contributed by atoms with E-state index in [4.69, 9.17) is 33.3 Å². The Morgan fingerprint density at radius 1 is 1.48 bits per heavy atom. The molecule has 1 fully saturated rings. The summed E-state index contributed by atoms with van der Waals surface area (Å²) in [7, 11) is 0. The number of ketones is 1. The first-order valence-corrected chi connectivity index (χ1v) is 9.77. The molecule has 2 aliphatic rings. The highest BCUT2D eigenvalue weighted by atomic mass is 35.5. The summed E-state index contributed by atoms with van der Waals surface area (Å²) in [6, 6.07) is 0. The van der Waals surface area contributed by atoms with E-state index < -0.39 is 27.6 Å². The van der Waals surface area contributed by atoms with Gasteiger partial charge >= 0.3 is 5.97 Å². The van der Waals surface area contributed by atoms with E-state index >= 15 is 0 Å². The molecule has 2 unspecified atom stereocenters. The highest BCUT2D eigenvalue weighted by molar-refractivity contribution is 8.01. The fourth-order valence-corrected chi connectivity index (χ4v) is 3.84. The van der Waals surface area contributed by atoms with Gasteiger partial charge in [-0.2, -0.15) is 0 Å². The molecule has 2 rings (SSSR count). The summed E-state index contributed by atoms with van der Waals surface area (Å²) in [4.78, 5) is 25.1. The zero-order valence-electron chi connectivity index (χ0n) is 13.8.